The Bertz CT molecular complexity index is 491. The van der Waals surface area contributed by atoms with Crippen molar-refractivity contribution in [1.29, 1.82) is 0 Å². The molecular weight excluding hydrogens is 241 g/mol. The first kappa shape index (κ1) is 11.0. The summed E-state index contributed by atoms with van der Waals surface area (Å²) in [6.45, 7) is 0. The van der Waals surface area contributed by atoms with Gasteiger partial charge in [-0.25, -0.2) is 4.98 Å². The molecule has 6 heteroatoms. The summed E-state index contributed by atoms with van der Waals surface area (Å²) >= 11 is 5.78. The van der Waals surface area contributed by atoms with Gasteiger partial charge in [0, 0.05) is 5.56 Å². The van der Waals surface area contributed by atoms with Crippen LogP contribution >= 0.6 is 11.6 Å². The standard InChI is InChI=1S/C10H6ClF3N2/c11-7-3-1-2-6(10(12,13)14)9(7)8-4-15-5-16-8/h1-5H,(H,15,16). The van der Waals surface area contributed by atoms with Gasteiger partial charge in [0.05, 0.1) is 28.8 Å². The van der Waals surface area contributed by atoms with E-state index in [1.807, 2.05) is 0 Å². The zero-order valence-corrected chi connectivity index (χ0v) is 8.60. The van der Waals surface area contributed by atoms with Crippen LogP contribution in [0.2, 0.25) is 5.02 Å². The Hall–Kier alpha value is -1.49. The van der Waals surface area contributed by atoms with Crippen LogP contribution in [-0.2, 0) is 6.18 Å². The van der Waals surface area contributed by atoms with Gasteiger partial charge in [-0.3, -0.25) is 0 Å². The van der Waals surface area contributed by atoms with Crippen LogP contribution in [0.15, 0.2) is 30.7 Å². The summed E-state index contributed by atoms with van der Waals surface area (Å²) in [6, 6.07) is 3.67. The van der Waals surface area contributed by atoms with Crippen LogP contribution in [0.4, 0.5) is 13.2 Å². The lowest BCUT2D eigenvalue weighted by Gasteiger charge is -2.12. The molecule has 0 amide bonds. The number of benzene rings is 1. The summed E-state index contributed by atoms with van der Waals surface area (Å²) in [5.41, 5.74) is -0.601. The zero-order valence-electron chi connectivity index (χ0n) is 7.85. The lowest BCUT2D eigenvalue weighted by atomic mass is 10.0. The lowest BCUT2D eigenvalue weighted by Crippen LogP contribution is -2.07. The zero-order chi connectivity index (χ0) is 11.8. The molecule has 1 heterocycles. The van der Waals surface area contributed by atoms with Gasteiger partial charge in [0.25, 0.3) is 0 Å². The summed E-state index contributed by atoms with van der Waals surface area (Å²) in [4.78, 5) is 6.29. The second-order valence-electron chi connectivity index (χ2n) is 3.13. The minimum Gasteiger partial charge on any atom is -0.345 e. The molecule has 0 aliphatic rings. The summed E-state index contributed by atoms with van der Waals surface area (Å²) < 4.78 is 38.2. The summed E-state index contributed by atoms with van der Waals surface area (Å²) in [6.07, 6.45) is -1.83. The molecule has 0 bridgehead atoms. The SMILES string of the molecule is FC(F)(F)c1cccc(Cl)c1-c1cnc[nH]1. The highest BCUT2D eigenvalue weighted by Gasteiger charge is 2.34. The molecule has 2 rings (SSSR count). The molecule has 0 fully saturated rings. The Morgan fingerprint density at radius 2 is 2.00 bits per heavy atom. The summed E-state index contributed by atoms with van der Waals surface area (Å²) in [7, 11) is 0. The van der Waals surface area contributed by atoms with Gasteiger partial charge in [-0.05, 0) is 12.1 Å². The third-order valence-electron chi connectivity index (χ3n) is 2.09. The molecule has 2 aromatic rings. The fourth-order valence-corrected chi connectivity index (χ4v) is 1.70. The Kier molecular flexibility index (Phi) is 2.63. The van der Waals surface area contributed by atoms with Crippen molar-refractivity contribution in [3.05, 3.63) is 41.3 Å². The molecule has 0 saturated heterocycles. The van der Waals surface area contributed by atoms with E-state index in [2.05, 4.69) is 9.97 Å². The van der Waals surface area contributed by atoms with Gasteiger partial charge in [0.2, 0.25) is 0 Å². The summed E-state index contributed by atoms with van der Waals surface area (Å²) in [5.74, 6) is 0. The number of H-pyrrole nitrogens is 1. The van der Waals surface area contributed by atoms with Crippen molar-refractivity contribution < 1.29 is 13.2 Å². The maximum Gasteiger partial charge on any atom is 0.417 e. The van der Waals surface area contributed by atoms with Crippen LogP contribution in [0.5, 0.6) is 0 Å². The number of nitrogens with one attached hydrogen (secondary N) is 1. The van der Waals surface area contributed by atoms with Crippen molar-refractivity contribution >= 4 is 11.6 Å². The predicted molar refractivity (Wildman–Crippen MR) is 54.0 cm³/mol. The van der Waals surface area contributed by atoms with E-state index in [0.29, 0.717) is 0 Å². The number of aromatic amines is 1. The third kappa shape index (κ3) is 1.90. The predicted octanol–water partition coefficient (Wildman–Crippen LogP) is 3.75. The van der Waals surface area contributed by atoms with Gasteiger partial charge in [-0.1, -0.05) is 17.7 Å². The molecule has 0 aliphatic carbocycles. The van der Waals surface area contributed by atoms with E-state index >= 15 is 0 Å². The normalized spacial score (nSPS) is 11.8. The first-order valence-electron chi connectivity index (χ1n) is 4.34. The van der Waals surface area contributed by atoms with Crippen LogP contribution in [0.25, 0.3) is 11.3 Å². The molecule has 0 spiro atoms. The average Bonchev–Trinajstić information content (AvgIpc) is 2.68. The molecule has 1 aromatic carbocycles. The average molecular weight is 247 g/mol. The molecule has 1 N–H and O–H groups in total. The van der Waals surface area contributed by atoms with E-state index in [1.54, 1.807) is 0 Å². The number of nitrogens with zero attached hydrogens (tertiary/aromatic N) is 1. The second kappa shape index (κ2) is 3.83. The molecule has 0 saturated carbocycles. The molecular formula is C10H6ClF3N2. The molecule has 0 atom stereocenters. The highest BCUT2D eigenvalue weighted by molar-refractivity contribution is 6.33. The summed E-state index contributed by atoms with van der Waals surface area (Å²) in [5, 5.41) is 0.0408. The maximum atomic E-state index is 12.7. The molecule has 16 heavy (non-hydrogen) atoms. The number of rotatable bonds is 1. The Balaban J connectivity index is 2.68. The number of aromatic nitrogens is 2. The third-order valence-corrected chi connectivity index (χ3v) is 2.40. The Labute approximate surface area is 94.1 Å². The van der Waals surface area contributed by atoms with Crippen LogP contribution in [-0.4, -0.2) is 9.97 Å². The largest absolute Gasteiger partial charge is 0.417 e. The number of hydrogen-bond acceptors (Lipinski definition) is 1. The van der Waals surface area contributed by atoms with E-state index in [0.717, 1.165) is 6.07 Å². The van der Waals surface area contributed by atoms with Gasteiger partial charge in [-0.2, -0.15) is 13.2 Å². The second-order valence-corrected chi connectivity index (χ2v) is 3.53. The molecule has 0 unspecified atom stereocenters. The van der Waals surface area contributed by atoms with Crippen LogP contribution in [0.1, 0.15) is 5.56 Å². The number of imidazole rings is 1. The van der Waals surface area contributed by atoms with E-state index < -0.39 is 11.7 Å². The van der Waals surface area contributed by atoms with E-state index in [1.165, 1.54) is 24.7 Å². The molecule has 84 valence electrons. The van der Waals surface area contributed by atoms with Crippen LogP contribution in [0.3, 0.4) is 0 Å². The number of alkyl halides is 3. The van der Waals surface area contributed by atoms with E-state index in [4.69, 9.17) is 11.6 Å². The first-order chi connectivity index (χ1) is 7.50. The molecule has 0 radical (unpaired) electrons. The van der Waals surface area contributed by atoms with Crippen molar-refractivity contribution in [2.75, 3.05) is 0 Å². The van der Waals surface area contributed by atoms with Gasteiger partial charge in [0.1, 0.15) is 0 Å². The van der Waals surface area contributed by atoms with Gasteiger partial charge >= 0.3 is 6.18 Å². The topological polar surface area (TPSA) is 28.7 Å². The van der Waals surface area contributed by atoms with Gasteiger partial charge in [0.15, 0.2) is 0 Å². The maximum absolute atomic E-state index is 12.7. The minimum absolute atomic E-state index is 0.0408. The van der Waals surface area contributed by atoms with Crippen molar-refractivity contribution in [2.45, 2.75) is 6.18 Å². The van der Waals surface area contributed by atoms with Crippen LogP contribution < -0.4 is 0 Å². The fourth-order valence-electron chi connectivity index (χ4n) is 1.43. The highest BCUT2D eigenvalue weighted by Crippen LogP contribution is 2.39. The monoisotopic (exact) mass is 246 g/mol. The molecule has 0 aliphatic heterocycles. The van der Waals surface area contributed by atoms with Gasteiger partial charge in [-0.15, -0.1) is 0 Å². The van der Waals surface area contributed by atoms with Crippen LogP contribution in [0, 0.1) is 0 Å². The van der Waals surface area contributed by atoms with Crippen molar-refractivity contribution in [3.8, 4) is 11.3 Å². The van der Waals surface area contributed by atoms with E-state index in [9.17, 15) is 13.2 Å². The Morgan fingerprint density at radius 1 is 1.25 bits per heavy atom. The molecule has 2 nitrogen and oxygen atoms in total. The Morgan fingerprint density at radius 3 is 2.56 bits per heavy atom. The highest BCUT2D eigenvalue weighted by atomic mass is 35.5. The van der Waals surface area contributed by atoms with Gasteiger partial charge < -0.3 is 4.98 Å². The number of hydrogen-bond donors (Lipinski definition) is 1. The van der Waals surface area contributed by atoms with E-state index in [-0.39, 0.29) is 16.3 Å². The van der Waals surface area contributed by atoms with Crippen molar-refractivity contribution in [3.63, 3.8) is 0 Å². The van der Waals surface area contributed by atoms with Crippen molar-refractivity contribution in [1.82, 2.24) is 9.97 Å². The smallest absolute Gasteiger partial charge is 0.345 e. The number of halogens is 4. The molecule has 1 aromatic heterocycles. The lowest BCUT2D eigenvalue weighted by molar-refractivity contribution is -0.137. The van der Waals surface area contributed by atoms with Crippen molar-refractivity contribution in [2.24, 2.45) is 0 Å². The minimum atomic E-state index is -4.44. The first-order valence-corrected chi connectivity index (χ1v) is 4.72. The quantitative estimate of drug-likeness (QED) is 0.816. The fraction of sp³-hybridized carbons (Fsp3) is 0.100.